The monoisotopic (exact) mass is 380 g/mol. The fourth-order valence-corrected chi connectivity index (χ4v) is 3.10. The lowest BCUT2D eigenvalue weighted by molar-refractivity contribution is -0.158. The zero-order chi connectivity index (χ0) is 19.4. The van der Waals surface area contributed by atoms with Gasteiger partial charge in [-0.15, -0.1) is 0 Å². The van der Waals surface area contributed by atoms with E-state index in [4.69, 9.17) is 20.9 Å². The number of nitrogens with one attached hydrogen (secondary N) is 1. The molecule has 0 bridgehead atoms. The van der Waals surface area contributed by atoms with Crippen molar-refractivity contribution in [2.75, 3.05) is 18.9 Å². The van der Waals surface area contributed by atoms with Gasteiger partial charge in [-0.1, -0.05) is 19.3 Å². The van der Waals surface area contributed by atoms with Crippen molar-refractivity contribution >= 4 is 23.1 Å². The number of carbonyl (C=O) groups excluding carboxylic acids is 1. The third-order valence-corrected chi connectivity index (χ3v) is 4.70. The Morgan fingerprint density at radius 2 is 2.15 bits per heavy atom. The lowest BCUT2D eigenvalue weighted by Gasteiger charge is -2.31. The number of nitrogens with two attached hydrogens (primary N) is 2. The van der Waals surface area contributed by atoms with Crippen molar-refractivity contribution in [1.29, 1.82) is 0 Å². The first-order chi connectivity index (χ1) is 12.9. The molecule has 0 radical (unpaired) electrons. The molecule has 1 aliphatic rings. The average Bonchev–Trinajstić information content (AvgIpc) is 3.05. The van der Waals surface area contributed by atoms with Crippen LogP contribution in [0.25, 0.3) is 11.2 Å². The van der Waals surface area contributed by atoms with Gasteiger partial charge in [0.2, 0.25) is 5.95 Å². The molecule has 0 saturated heterocycles. The Hall–Kier alpha value is -2.50. The highest BCUT2D eigenvalue weighted by atomic mass is 16.6. The summed E-state index contributed by atoms with van der Waals surface area (Å²) in [6.07, 6.45) is 4.68. The molecule has 11 nitrogen and oxygen atoms in total. The number of anilines is 1. The number of esters is 1. The van der Waals surface area contributed by atoms with Gasteiger partial charge in [0, 0.05) is 0 Å². The molecule has 1 atom stereocenters. The highest BCUT2D eigenvalue weighted by Crippen LogP contribution is 2.27. The molecule has 2 heterocycles. The van der Waals surface area contributed by atoms with E-state index in [1.165, 1.54) is 10.9 Å². The number of rotatable bonds is 7. The molecule has 0 amide bonds. The van der Waals surface area contributed by atoms with Gasteiger partial charge >= 0.3 is 5.97 Å². The van der Waals surface area contributed by atoms with Crippen LogP contribution >= 0.6 is 0 Å². The van der Waals surface area contributed by atoms with E-state index in [1.807, 2.05) is 0 Å². The minimum absolute atomic E-state index is 0.0392. The number of nitrogens with zero attached hydrogens (tertiary/aromatic N) is 3. The minimum atomic E-state index is -0.957. The number of hydrogen-bond donors (Lipinski definition) is 4. The Bertz CT molecular complexity index is 857. The van der Waals surface area contributed by atoms with Crippen LogP contribution in [0.2, 0.25) is 0 Å². The number of aromatic nitrogens is 4. The normalized spacial score (nSPS) is 17.7. The van der Waals surface area contributed by atoms with E-state index in [2.05, 4.69) is 15.0 Å². The lowest BCUT2D eigenvalue weighted by atomic mass is 9.83. The van der Waals surface area contributed by atoms with Crippen molar-refractivity contribution in [2.24, 2.45) is 5.73 Å². The molecule has 1 fully saturated rings. The van der Waals surface area contributed by atoms with Crippen molar-refractivity contribution in [2.45, 2.75) is 50.5 Å². The van der Waals surface area contributed by atoms with E-state index in [9.17, 15) is 14.7 Å². The van der Waals surface area contributed by atoms with Crippen molar-refractivity contribution in [3.8, 4) is 0 Å². The van der Waals surface area contributed by atoms with Crippen LogP contribution in [0.3, 0.4) is 0 Å². The first-order valence-corrected chi connectivity index (χ1v) is 8.82. The predicted molar refractivity (Wildman–Crippen MR) is 95.5 cm³/mol. The second-order valence-electron chi connectivity index (χ2n) is 6.75. The summed E-state index contributed by atoms with van der Waals surface area (Å²) >= 11 is 0. The molecule has 2 aromatic heterocycles. The molecule has 0 aromatic carbocycles. The number of imidazole rings is 1. The zero-order valence-corrected chi connectivity index (χ0v) is 14.9. The van der Waals surface area contributed by atoms with E-state index >= 15 is 0 Å². The molecule has 1 saturated carbocycles. The topological polar surface area (TPSA) is 171 Å². The van der Waals surface area contributed by atoms with Gasteiger partial charge < -0.3 is 26.0 Å². The second kappa shape index (κ2) is 8.03. The number of ether oxygens (including phenoxy) is 2. The number of nitrogen functional groups attached to an aromatic ring is 1. The van der Waals surface area contributed by atoms with Crippen LogP contribution < -0.4 is 17.0 Å². The van der Waals surface area contributed by atoms with Gasteiger partial charge in [0.1, 0.15) is 25.0 Å². The number of fused-ring (bicyclic) bond motifs is 1. The number of aliphatic hydroxyl groups is 1. The molecular formula is C16H24N6O5. The summed E-state index contributed by atoms with van der Waals surface area (Å²) in [5.41, 5.74) is 10.6. The lowest BCUT2D eigenvalue weighted by Crippen LogP contribution is -2.51. The van der Waals surface area contributed by atoms with Crippen LogP contribution in [0.5, 0.6) is 0 Å². The van der Waals surface area contributed by atoms with E-state index in [0.717, 1.165) is 19.3 Å². The number of carbonyl (C=O) groups is 1. The summed E-state index contributed by atoms with van der Waals surface area (Å²) in [7, 11) is 0. The van der Waals surface area contributed by atoms with Gasteiger partial charge in [-0.25, -0.2) is 4.98 Å². The van der Waals surface area contributed by atoms with Crippen LogP contribution in [0.15, 0.2) is 11.1 Å². The summed E-state index contributed by atoms with van der Waals surface area (Å²) < 4.78 is 12.3. The molecule has 6 N–H and O–H groups in total. The van der Waals surface area contributed by atoms with E-state index < -0.39 is 23.2 Å². The molecule has 27 heavy (non-hydrogen) atoms. The molecule has 11 heteroatoms. The Balaban J connectivity index is 1.58. The minimum Gasteiger partial charge on any atom is -0.461 e. The highest BCUT2D eigenvalue weighted by molar-refractivity contribution is 5.80. The molecule has 2 aromatic rings. The quantitative estimate of drug-likeness (QED) is 0.451. The number of aromatic amines is 1. The van der Waals surface area contributed by atoms with Crippen LogP contribution in [0.1, 0.15) is 32.1 Å². The predicted octanol–water partition coefficient (Wildman–Crippen LogP) is -0.758. The maximum absolute atomic E-state index is 12.3. The Labute approximate surface area is 154 Å². The fourth-order valence-electron chi connectivity index (χ4n) is 3.10. The van der Waals surface area contributed by atoms with E-state index in [0.29, 0.717) is 12.8 Å². The number of aliphatic hydroxyl groups excluding tert-OH is 1. The Morgan fingerprint density at radius 3 is 2.85 bits per heavy atom. The van der Waals surface area contributed by atoms with Gasteiger partial charge in [-0.05, 0) is 12.8 Å². The third kappa shape index (κ3) is 4.26. The molecule has 148 valence electrons. The van der Waals surface area contributed by atoms with E-state index in [-0.39, 0.29) is 37.1 Å². The maximum atomic E-state index is 12.3. The Kier molecular flexibility index (Phi) is 5.73. The third-order valence-electron chi connectivity index (χ3n) is 4.70. The van der Waals surface area contributed by atoms with Crippen molar-refractivity contribution in [3.05, 3.63) is 16.7 Å². The second-order valence-corrected chi connectivity index (χ2v) is 6.75. The van der Waals surface area contributed by atoms with Gasteiger partial charge in [-0.3, -0.25) is 19.1 Å². The van der Waals surface area contributed by atoms with Crippen LogP contribution in [-0.4, -0.2) is 55.5 Å². The van der Waals surface area contributed by atoms with Crippen LogP contribution in [0.4, 0.5) is 5.95 Å². The van der Waals surface area contributed by atoms with E-state index in [1.54, 1.807) is 0 Å². The summed E-state index contributed by atoms with van der Waals surface area (Å²) in [4.78, 5) is 34.4. The number of hydrogen-bond acceptors (Lipinski definition) is 9. The molecule has 0 spiro atoms. The molecule has 1 aliphatic carbocycles. The summed E-state index contributed by atoms with van der Waals surface area (Å²) in [5, 5.41) is 9.48. The van der Waals surface area contributed by atoms with Gasteiger partial charge in [0.25, 0.3) is 5.56 Å². The highest BCUT2D eigenvalue weighted by Gasteiger charge is 2.37. The molecular weight excluding hydrogens is 356 g/mol. The fraction of sp³-hybridized carbons (Fsp3) is 0.625. The summed E-state index contributed by atoms with van der Waals surface area (Å²) in [5.74, 6) is -0.513. The summed E-state index contributed by atoms with van der Waals surface area (Å²) in [6.45, 7) is -0.534. The average molecular weight is 380 g/mol. The SMILES string of the molecule is Nc1nc2c(ncn2COC(CO)COC(=O)C2(N)CCCCC2)c(=O)[nH]1. The van der Waals surface area contributed by atoms with Crippen LogP contribution in [0, 0.1) is 0 Å². The largest absolute Gasteiger partial charge is 0.461 e. The summed E-state index contributed by atoms with van der Waals surface area (Å²) in [6, 6.07) is 0. The maximum Gasteiger partial charge on any atom is 0.326 e. The van der Waals surface area contributed by atoms with Gasteiger partial charge in [0.15, 0.2) is 11.2 Å². The standard InChI is InChI=1S/C16H24N6O5/c17-15-20-12-11(13(24)21-15)19-8-22(12)9-27-10(6-23)7-26-14(25)16(18)4-2-1-3-5-16/h8,10,23H,1-7,9,18H2,(H3,17,20,21,24). The first kappa shape index (κ1) is 19.3. The number of H-pyrrole nitrogens is 1. The molecule has 1 unspecified atom stereocenters. The Morgan fingerprint density at radius 1 is 1.41 bits per heavy atom. The first-order valence-electron chi connectivity index (χ1n) is 8.82. The van der Waals surface area contributed by atoms with Crippen molar-refractivity contribution in [3.63, 3.8) is 0 Å². The molecule has 0 aliphatic heterocycles. The van der Waals surface area contributed by atoms with Crippen molar-refractivity contribution in [1.82, 2.24) is 19.5 Å². The van der Waals surface area contributed by atoms with Crippen molar-refractivity contribution < 1.29 is 19.4 Å². The van der Waals surface area contributed by atoms with Crippen LogP contribution in [-0.2, 0) is 21.0 Å². The van der Waals surface area contributed by atoms with Gasteiger partial charge in [-0.2, -0.15) is 4.98 Å². The zero-order valence-electron chi connectivity index (χ0n) is 14.9. The molecule has 3 rings (SSSR count). The smallest absolute Gasteiger partial charge is 0.326 e. The van der Waals surface area contributed by atoms with Gasteiger partial charge in [0.05, 0.1) is 12.9 Å².